The van der Waals surface area contributed by atoms with Crippen LogP contribution in [0.15, 0.2) is 24.3 Å². The van der Waals surface area contributed by atoms with E-state index in [1.807, 2.05) is 0 Å². The SMILES string of the molecule is CCCCCC/C=C\C=C/CCCCCCCC(=O)OC[C@H](COP(=O)(O)OC[C@@H](O)COP(=O)(O)OC[C@@H](COC(=O)CCCCCCCCCCCCC)OC(=O)CCCCCCCCCCCCCCC(C)C)OC(=O)CCCCCCCCCCCCCCCCC(C)CC. The van der Waals surface area contributed by atoms with Crippen LogP contribution in [0.25, 0.3) is 0 Å². The maximum atomic E-state index is 13.1. The standard InChI is InChI=1S/C80H152O17P2/c1-7-10-12-14-16-18-20-21-22-26-33-39-45-51-57-63-78(83)91-69-76(96-79(84)64-58-52-46-40-34-27-24-23-25-32-37-43-49-55-61-73(6)9-3)71-95-99(88,89)93-67-74(81)66-92-98(86,87)94-70-75(68-90-77(82)62-56-50-44-38-30-19-17-15-13-11-8-2)97-80(85)65-59-53-47-41-35-29-28-31-36-42-48-54-60-72(4)5/h18,20-22,72-76,81H,7-17,19,23-71H2,1-6H3,(H,86,87)(H,88,89)/b20-18-,22-21-/t73?,74-,75+,76+/m0/s1. The Morgan fingerprint density at radius 1 is 0.333 bits per heavy atom. The summed E-state index contributed by atoms with van der Waals surface area (Å²) < 4.78 is 68.6. The molecule has 0 fully saturated rings. The highest BCUT2D eigenvalue weighted by molar-refractivity contribution is 7.47. The van der Waals surface area contributed by atoms with Crippen LogP contribution in [0.2, 0.25) is 0 Å². The molecule has 0 radical (unpaired) electrons. The molecule has 19 heteroatoms. The number of hydrogen-bond acceptors (Lipinski definition) is 15. The summed E-state index contributed by atoms with van der Waals surface area (Å²) in [6.07, 6.45) is 63.0. The van der Waals surface area contributed by atoms with Gasteiger partial charge in [-0.15, -0.1) is 0 Å². The van der Waals surface area contributed by atoms with Crippen molar-refractivity contribution >= 4 is 39.5 Å². The molecule has 0 heterocycles. The van der Waals surface area contributed by atoms with Crippen molar-refractivity contribution in [2.24, 2.45) is 11.8 Å². The first-order chi connectivity index (χ1) is 47.9. The monoisotopic (exact) mass is 1450 g/mol. The van der Waals surface area contributed by atoms with E-state index in [0.717, 1.165) is 121 Å². The molecule has 17 nitrogen and oxygen atoms in total. The molecule has 0 bridgehead atoms. The number of phosphoric acid groups is 2. The first kappa shape index (κ1) is 96.5. The van der Waals surface area contributed by atoms with E-state index in [-0.39, 0.29) is 25.7 Å². The van der Waals surface area contributed by atoms with E-state index in [1.54, 1.807) is 0 Å². The quantitative estimate of drug-likeness (QED) is 0.0169. The van der Waals surface area contributed by atoms with E-state index in [2.05, 4.69) is 65.8 Å². The second kappa shape index (κ2) is 71.2. The summed E-state index contributed by atoms with van der Waals surface area (Å²) in [5.74, 6) is -0.520. The van der Waals surface area contributed by atoms with E-state index in [0.29, 0.717) is 25.7 Å². The summed E-state index contributed by atoms with van der Waals surface area (Å²) in [6.45, 7) is 9.62. The molecule has 0 saturated carbocycles. The number of allylic oxidation sites excluding steroid dienone is 4. The van der Waals surface area contributed by atoms with E-state index in [1.165, 1.54) is 193 Å². The van der Waals surface area contributed by atoms with Crippen molar-refractivity contribution in [3.8, 4) is 0 Å². The Balaban J connectivity index is 5.29. The summed E-state index contributed by atoms with van der Waals surface area (Å²) in [7, 11) is -9.93. The first-order valence-electron chi connectivity index (χ1n) is 40.8. The van der Waals surface area contributed by atoms with Crippen LogP contribution in [0.5, 0.6) is 0 Å². The van der Waals surface area contributed by atoms with Gasteiger partial charge in [-0.05, 0) is 63.2 Å². The lowest BCUT2D eigenvalue weighted by molar-refractivity contribution is -0.161. The molecule has 3 N–H and O–H groups in total. The van der Waals surface area contributed by atoms with Gasteiger partial charge in [0.1, 0.15) is 19.3 Å². The van der Waals surface area contributed by atoms with E-state index < -0.39 is 97.5 Å². The molecule has 6 atom stereocenters. The van der Waals surface area contributed by atoms with Crippen molar-refractivity contribution in [3.05, 3.63) is 24.3 Å². The molecule has 0 aromatic rings. The number of hydrogen-bond donors (Lipinski definition) is 3. The predicted octanol–water partition coefficient (Wildman–Crippen LogP) is 23.4. The van der Waals surface area contributed by atoms with Gasteiger partial charge in [0.25, 0.3) is 0 Å². The molecule has 0 aliphatic carbocycles. The zero-order valence-electron chi connectivity index (χ0n) is 64.3. The van der Waals surface area contributed by atoms with E-state index in [9.17, 15) is 43.2 Å². The second-order valence-corrected chi connectivity index (χ2v) is 31.7. The number of rotatable bonds is 77. The van der Waals surface area contributed by atoms with Crippen molar-refractivity contribution in [2.45, 2.75) is 413 Å². The Bertz CT molecular complexity index is 2000. The highest BCUT2D eigenvalue weighted by Gasteiger charge is 2.30. The summed E-state index contributed by atoms with van der Waals surface area (Å²) in [5.41, 5.74) is 0. The molecule has 0 amide bonds. The zero-order valence-corrected chi connectivity index (χ0v) is 66.1. The Labute approximate surface area is 605 Å². The number of phosphoric ester groups is 2. The van der Waals surface area contributed by atoms with E-state index in [4.69, 9.17) is 37.0 Å². The summed E-state index contributed by atoms with van der Waals surface area (Å²) >= 11 is 0. The molecule has 0 rings (SSSR count). The molecule has 0 saturated heterocycles. The van der Waals surface area contributed by atoms with Crippen molar-refractivity contribution in [3.63, 3.8) is 0 Å². The van der Waals surface area contributed by atoms with Gasteiger partial charge in [0.2, 0.25) is 0 Å². The lowest BCUT2D eigenvalue weighted by Gasteiger charge is -2.21. The fourth-order valence-corrected chi connectivity index (χ4v) is 13.4. The van der Waals surface area contributed by atoms with Gasteiger partial charge in [0.15, 0.2) is 12.2 Å². The minimum Gasteiger partial charge on any atom is -0.462 e. The second-order valence-electron chi connectivity index (χ2n) is 28.8. The van der Waals surface area contributed by atoms with Gasteiger partial charge in [-0.3, -0.25) is 37.3 Å². The maximum Gasteiger partial charge on any atom is 0.472 e. The molecule has 0 aromatic carbocycles. The average molecular weight is 1450 g/mol. The molecule has 584 valence electrons. The summed E-state index contributed by atoms with van der Waals surface area (Å²) in [6, 6.07) is 0. The Hall–Kier alpha value is -2.46. The van der Waals surface area contributed by atoms with Gasteiger partial charge in [0, 0.05) is 25.7 Å². The average Bonchev–Trinajstić information content (AvgIpc) is 1.05. The molecular formula is C80H152O17P2. The number of ether oxygens (including phenoxy) is 4. The van der Waals surface area contributed by atoms with Gasteiger partial charge in [0.05, 0.1) is 26.4 Å². The molecule has 0 aliphatic heterocycles. The Morgan fingerprint density at radius 3 is 0.909 bits per heavy atom. The topological polar surface area (TPSA) is 237 Å². The van der Waals surface area contributed by atoms with Crippen LogP contribution in [0.3, 0.4) is 0 Å². The number of aliphatic hydroxyl groups excluding tert-OH is 1. The first-order valence-corrected chi connectivity index (χ1v) is 43.8. The van der Waals surface area contributed by atoms with Gasteiger partial charge in [-0.2, -0.15) is 0 Å². The van der Waals surface area contributed by atoms with Crippen LogP contribution in [-0.4, -0.2) is 96.7 Å². The fraction of sp³-hybridized carbons (Fsp3) is 0.900. The highest BCUT2D eigenvalue weighted by atomic mass is 31.2. The third-order valence-electron chi connectivity index (χ3n) is 18.4. The van der Waals surface area contributed by atoms with Crippen LogP contribution >= 0.6 is 15.6 Å². The van der Waals surface area contributed by atoms with Gasteiger partial charge >= 0.3 is 39.5 Å². The predicted molar refractivity (Wildman–Crippen MR) is 404 cm³/mol. The fourth-order valence-electron chi connectivity index (χ4n) is 11.8. The number of carbonyl (C=O) groups excluding carboxylic acids is 4. The highest BCUT2D eigenvalue weighted by Crippen LogP contribution is 2.45. The number of aliphatic hydroxyl groups is 1. The van der Waals surface area contributed by atoms with Crippen LogP contribution in [0.4, 0.5) is 0 Å². The summed E-state index contributed by atoms with van der Waals surface area (Å²) in [4.78, 5) is 73.0. The van der Waals surface area contributed by atoms with E-state index >= 15 is 0 Å². The lowest BCUT2D eigenvalue weighted by Crippen LogP contribution is -2.30. The molecule has 3 unspecified atom stereocenters. The summed E-state index contributed by atoms with van der Waals surface area (Å²) in [5, 5.41) is 10.6. The molecule has 0 aliphatic rings. The lowest BCUT2D eigenvalue weighted by atomic mass is 9.99. The van der Waals surface area contributed by atoms with Crippen LogP contribution in [0.1, 0.15) is 395 Å². The third-order valence-corrected chi connectivity index (χ3v) is 20.3. The smallest absolute Gasteiger partial charge is 0.462 e. The number of esters is 4. The van der Waals surface area contributed by atoms with Crippen molar-refractivity contribution in [2.75, 3.05) is 39.6 Å². The maximum absolute atomic E-state index is 13.1. The third kappa shape index (κ3) is 72.3. The number of unbranched alkanes of at least 4 members (excludes halogenated alkanes) is 43. The van der Waals surface area contributed by atoms with Gasteiger partial charge in [-0.25, -0.2) is 9.13 Å². The molecule has 99 heavy (non-hydrogen) atoms. The van der Waals surface area contributed by atoms with Crippen molar-refractivity contribution in [1.82, 2.24) is 0 Å². The normalized spacial score (nSPS) is 14.4. The van der Waals surface area contributed by atoms with Crippen LogP contribution < -0.4 is 0 Å². The largest absolute Gasteiger partial charge is 0.472 e. The minimum atomic E-state index is -4.97. The van der Waals surface area contributed by atoms with Crippen LogP contribution in [0, 0.1) is 11.8 Å². The Morgan fingerprint density at radius 2 is 0.596 bits per heavy atom. The molecular weight excluding hydrogens is 1290 g/mol. The van der Waals surface area contributed by atoms with Crippen LogP contribution in [-0.2, 0) is 65.4 Å². The van der Waals surface area contributed by atoms with Crippen molar-refractivity contribution < 1.29 is 80.2 Å². The van der Waals surface area contributed by atoms with Gasteiger partial charge < -0.3 is 33.8 Å². The van der Waals surface area contributed by atoms with Crippen molar-refractivity contribution in [1.29, 1.82) is 0 Å². The molecule has 0 spiro atoms. The molecule has 0 aromatic heterocycles. The number of carbonyl (C=O) groups is 4. The minimum absolute atomic E-state index is 0.101. The van der Waals surface area contributed by atoms with Gasteiger partial charge in [-0.1, -0.05) is 342 Å². The Kier molecular flexibility index (Phi) is 69.4. The zero-order chi connectivity index (χ0) is 72.8.